The number of methoxy groups -OCH3 is 1. The van der Waals surface area contributed by atoms with Gasteiger partial charge in [0.05, 0.1) is 19.1 Å². The zero-order chi connectivity index (χ0) is 24.7. The molecule has 1 aliphatic heterocycles. The highest BCUT2D eigenvalue weighted by Gasteiger charge is 2.39. The molecule has 4 nitrogen and oxygen atoms in total. The lowest BCUT2D eigenvalue weighted by Crippen LogP contribution is -2.30. The molecule has 1 aliphatic carbocycles. The molecule has 3 aromatic rings. The normalized spacial score (nSPS) is 19.1. The molecule has 1 saturated carbocycles. The van der Waals surface area contributed by atoms with Crippen LogP contribution < -0.4 is 9.64 Å². The van der Waals surface area contributed by atoms with Gasteiger partial charge in [-0.25, -0.2) is 4.39 Å². The number of halogens is 1. The molecule has 3 atom stereocenters. The lowest BCUT2D eigenvalue weighted by atomic mass is 9.81. The minimum absolute atomic E-state index is 0.0589. The Bertz CT molecular complexity index is 1230. The monoisotopic (exact) mass is 473 g/mol. The van der Waals surface area contributed by atoms with E-state index in [0.717, 1.165) is 36.8 Å². The summed E-state index contributed by atoms with van der Waals surface area (Å²) in [6.45, 7) is 1.84. The van der Waals surface area contributed by atoms with E-state index in [0.29, 0.717) is 17.2 Å². The summed E-state index contributed by atoms with van der Waals surface area (Å²) in [5, 5.41) is 9.68. The molecule has 2 unspecified atom stereocenters. The van der Waals surface area contributed by atoms with Gasteiger partial charge in [0.25, 0.3) is 0 Å². The zero-order valence-electron chi connectivity index (χ0n) is 20.5. The van der Waals surface area contributed by atoms with Gasteiger partial charge in [0.1, 0.15) is 11.6 Å². The third-order valence-corrected chi connectivity index (χ3v) is 7.87. The van der Waals surface area contributed by atoms with Gasteiger partial charge in [0, 0.05) is 18.3 Å². The Morgan fingerprint density at radius 1 is 1.06 bits per heavy atom. The van der Waals surface area contributed by atoms with E-state index in [1.165, 1.54) is 22.9 Å². The molecule has 5 heteroatoms. The van der Waals surface area contributed by atoms with Crippen molar-refractivity contribution in [2.24, 2.45) is 11.8 Å². The van der Waals surface area contributed by atoms with Crippen LogP contribution in [0.1, 0.15) is 54.8 Å². The van der Waals surface area contributed by atoms with Crippen molar-refractivity contribution in [1.82, 2.24) is 0 Å². The van der Waals surface area contributed by atoms with Gasteiger partial charge in [-0.2, -0.15) is 0 Å². The van der Waals surface area contributed by atoms with Crippen LogP contribution in [0.3, 0.4) is 0 Å². The number of aryl methyl sites for hydroxylation is 1. The molecular weight excluding hydrogens is 441 g/mol. The number of hydrogen-bond acceptors (Lipinski definition) is 3. The molecule has 1 N–H and O–H groups in total. The van der Waals surface area contributed by atoms with Gasteiger partial charge in [-0.3, -0.25) is 4.79 Å². The average molecular weight is 474 g/mol. The van der Waals surface area contributed by atoms with Gasteiger partial charge in [-0.05, 0) is 84.0 Å². The minimum Gasteiger partial charge on any atom is -0.497 e. The van der Waals surface area contributed by atoms with E-state index < -0.39 is 11.9 Å². The fraction of sp³-hybridized carbons (Fsp3) is 0.367. The number of carbonyl (C=O) groups is 1. The minimum atomic E-state index is -0.724. The van der Waals surface area contributed by atoms with E-state index in [9.17, 15) is 14.3 Å². The molecular formula is C30H32FNO3. The number of hydrogen-bond donors (Lipinski definition) is 1. The number of anilines is 1. The van der Waals surface area contributed by atoms with Crippen LogP contribution in [0.2, 0.25) is 0 Å². The topological polar surface area (TPSA) is 49.8 Å². The van der Waals surface area contributed by atoms with Crippen molar-refractivity contribution >= 4 is 11.7 Å². The Labute approximate surface area is 206 Å². The summed E-state index contributed by atoms with van der Waals surface area (Å²) in [7, 11) is 3.70. The molecule has 3 aromatic carbocycles. The Hall–Kier alpha value is -3.34. The Morgan fingerprint density at radius 3 is 2.46 bits per heavy atom. The van der Waals surface area contributed by atoms with Gasteiger partial charge in [0.15, 0.2) is 0 Å². The number of carboxylic acids is 1. The second kappa shape index (κ2) is 9.37. The van der Waals surface area contributed by atoms with E-state index >= 15 is 0 Å². The second-order valence-corrected chi connectivity index (χ2v) is 10.0. The highest BCUT2D eigenvalue weighted by molar-refractivity contribution is 5.72. The maximum absolute atomic E-state index is 14.4. The molecule has 1 fully saturated rings. The first-order valence-corrected chi connectivity index (χ1v) is 12.4. The predicted octanol–water partition coefficient (Wildman–Crippen LogP) is 6.84. The van der Waals surface area contributed by atoms with E-state index in [2.05, 4.69) is 42.3 Å². The van der Waals surface area contributed by atoms with Gasteiger partial charge in [-0.15, -0.1) is 0 Å². The Kier molecular flexibility index (Phi) is 6.26. The first kappa shape index (κ1) is 23.4. The van der Waals surface area contributed by atoms with Crippen molar-refractivity contribution in [2.45, 2.75) is 44.6 Å². The lowest BCUT2D eigenvalue weighted by Gasteiger charge is -2.37. The van der Waals surface area contributed by atoms with Crippen molar-refractivity contribution in [1.29, 1.82) is 0 Å². The van der Waals surface area contributed by atoms with E-state index in [-0.39, 0.29) is 17.8 Å². The quantitative estimate of drug-likeness (QED) is 0.408. The smallest absolute Gasteiger partial charge is 0.306 e. The number of carboxylic acid groups (broad SMARTS) is 1. The molecule has 2 aliphatic rings. The van der Waals surface area contributed by atoms with Crippen molar-refractivity contribution in [3.05, 3.63) is 83.2 Å². The van der Waals surface area contributed by atoms with E-state index in [4.69, 9.17) is 4.74 Å². The van der Waals surface area contributed by atoms with Crippen molar-refractivity contribution in [3.8, 4) is 16.9 Å². The Balaban J connectivity index is 1.42. The number of benzene rings is 3. The van der Waals surface area contributed by atoms with Gasteiger partial charge in [0.2, 0.25) is 0 Å². The third kappa shape index (κ3) is 4.52. The van der Waals surface area contributed by atoms with E-state index in [1.54, 1.807) is 19.2 Å². The number of rotatable bonds is 7. The zero-order valence-corrected chi connectivity index (χ0v) is 20.5. The summed E-state index contributed by atoms with van der Waals surface area (Å²) < 4.78 is 19.7. The van der Waals surface area contributed by atoms with Crippen LogP contribution in [0, 0.1) is 17.7 Å². The molecule has 5 rings (SSSR count). The van der Waals surface area contributed by atoms with Crippen molar-refractivity contribution in [2.75, 3.05) is 19.1 Å². The van der Waals surface area contributed by atoms with Crippen molar-refractivity contribution in [3.63, 3.8) is 0 Å². The summed E-state index contributed by atoms with van der Waals surface area (Å²) in [5.74, 6) is -0.229. The van der Waals surface area contributed by atoms with Crippen LogP contribution in [0.25, 0.3) is 11.1 Å². The number of fused-ring (bicyclic) bond motifs is 1. The van der Waals surface area contributed by atoms with Gasteiger partial charge < -0.3 is 14.7 Å². The lowest BCUT2D eigenvalue weighted by molar-refractivity contribution is -0.142. The maximum atomic E-state index is 14.4. The maximum Gasteiger partial charge on any atom is 0.306 e. The summed E-state index contributed by atoms with van der Waals surface area (Å²) in [5.41, 5.74) is 6.17. The largest absolute Gasteiger partial charge is 0.497 e. The molecule has 0 bridgehead atoms. The molecule has 35 heavy (non-hydrogen) atoms. The molecule has 1 heterocycles. The Morgan fingerprint density at radius 2 is 1.80 bits per heavy atom. The first-order valence-electron chi connectivity index (χ1n) is 12.4. The summed E-state index contributed by atoms with van der Waals surface area (Å²) in [6.07, 6.45) is 4.18. The van der Waals surface area contributed by atoms with Crippen LogP contribution in [-0.2, 0) is 11.2 Å². The first-order chi connectivity index (χ1) is 16.9. The fourth-order valence-electron chi connectivity index (χ4n) is 5.69. The standard InChI is InChI=1S/C30H32FNO3/c1-18(30(33)34)29(22-9-10-22)23-11-8-21-12-15-27(32(2)28(21)16-23)20-6-4-19(5-7-20)25-17-24(35-3)13-14-26(25)31/h4-8,11,13-14,16-18,22,27,29H,9-10,12,15H2,1-3H3,(H,33,34)/t18-,27?,29?/m0/s1. The molecule has 0 amide bonds. The molecule has 0 radical (unpaired) electrons. The number of ether oxygens (including phenoxy) is 1. The summed E-state index contributed by atoms with van der Waals surface area (Å²) in [4.78, 5) is 14.1. The third-order valence-electron chi connectivity index (χ3n) is 7.87. The van der Waals surface area contributed by atoms with Crippen LogP contribution in [0.5, 0.6) is 5.75 Å². The fourth-order valence-corrected chi connectivity index (χ4v) is 5.69. The van der Waals surface area contributed by atoms with Gasteiger partial charge in [-0.1, -0.05) is 43.3 Å². The molecule has 182 valence electrons. The molecule has 0 spiro atoms. The van der Waals surface area contributed by atoms with Crippen molar-refractivity contribution < 1.29 is 19.0 Å². The summed E-state index contributed by atoms with van der Waals surface area (Å²) >= 11 is 0. The molecule has 0 aromatic heterocycles. The molecule has 0 saturated heterocycles. The number of aliphatic carboxylic acids is 1. The summed E-state index contributed by atoms with van der Waals surface area (Å²) in [6, 6.07) is 19.7. The van der Waals surface area contributed by atoms with Crippen LogP contribution in [0.15, 0.2) is 60.7 Å². The van der Waals surface area contributed by atoms with Crippen LogP contribution >= 0.6 is 0 Å². The van der Waals surface area contributed by atoms with Crippen LogP contribution in [-0.4, -0.2) is 25.2 Å². The van der Waals surface area contributed by atoms with Gasteiger partial charge >= 0.3 is 5.97 Å². The second-order valence-electron chi connectivity index (χ2n) is 10.0. The van der Waals surface area contributed by atoms with E-state index in [1.807, 2.05) is 19.1 Å². The SMILES string of the molecule is COc1ccc(F)c(-c2ccc(C3CCc4ccc(C(C5CC5)[C@H](C)C(=O)O)cc4N3C)cc2)c1. The van der Waals surface area contributed by atoms with Crippen LogP contribution in [0.4, 0.5) is 10.1 Å². The highest BCUT2D eigenvalue weighted by atomic mass is 19.1. The highest BCUT2D eigenvalue weighted by Crippen LogP contribution is 2.48. The average Bonchev–Trinajstić information content (AvgIpc) is 3.70. The number of nitrogens with zero attached hydrogens (tertiary/aromatic N) is 1. The predicted molar refractivity (Wildman–Crippen MR) is 137 cm³/mol.